The first-order valence-corrected chi connectivity index (χ1v) is 7.63. The fourth-order valence-corrected chi connectivity index (χ4v) is 2.44. The third-order valence-electron chi connectivity index (χ3n) is 2.64. The summed E-state index contributed by atoms with van der Waals surface area (Å²) in [6.07, 6.45) is 2.37. The largest absolute Gasteiger partial charge is 0.478 e. The molecule has 0 aliphatic carbocycles. The van der Waals surface area contributed by atoms with Gasteiger partial charge < -0.3 is 10.4 Å². The second kappa shape index (κ2) is 5.49. The van der Waals surface area contributed by atoms with Crippen molar-refractivity contribution in [3.63, 3.8) is 0 Å². The number of benzene rings is 1. The van der Waals surface area contributed by atoms with Gasteiger partial charge >= 0.3 is 5.97 Å². The Kier molecular flexibility index (Phi) is 3.90. The Hall–Kier alpha value is -2.48. The lowest BCUT2D eigenvalue weighted by Gasteiger charge is -2.10. The summed E-state index contributed by atoms with van der Waals surface area (Å²) in [5, 5.41) is 11.3. The Morgan fingerprint density at radius 2 is 2.05 bits per heavy atom. The summed E-state index contributed by atoms with van der Waals surface area (Å²) < 4.78 is 37.1. The molecule has 2 N–H and O–H groups in total. The van der Waals surface area contributed by atoms with Crippen molar-refractivity contribution in [1.29, 1.82) is 0 Å². The Bertz CT molecular complexity index is 806. The van der Waals surface area contributed by atoms with Crippen molar-refractivity contribution >= 4 is 27.3 Å². The van der Waals surface area contributed by atoms with Gasteiger partial charge in [-0.25, -0.2) is 22.6 Å². The summed E-state index contributed by atoms with van der Waals surface area (Å²) >= 11 is 0. The SMILES string of the molecule is CS(=O)(=O)c1cccnc1Nc1ccc(C(=O)O)cc1F. The molecule has 0 aliphatic heterocycles. The molecular weight excluding hydrogens is 299 g/mol. The molecule has 21 heavy (non-hydrogen) atoms. The van der Waals surface area contributed by atoms with Crippen LogP contribution in [0.25, 0.3) is 0 Å². The number of aromatic nitrogens is 1. The molecule has 0 radical (unpaired) electrons. The van der Waals surface area contributed by atoms with E-state index in [1.807, 2.05) is 0 Å². The molecule has 0 atom stereocenters. The van der Waals surface area contributed by atoms with Crippen LogP contribution in [-0.4, -0.2) is 30.7 Å². The number of anilines is 2. The van der Waals surface area contributed by atoms with E-state index in [4.69, 9.17) is 5.11 Å². The molecule has 2 aromatic rings. The minimum Gasteiger partial charge on any atom is -0.478 e. The molecular formula is C13H11FN2O4S. The van der Waals surface area contributed by atoms with Gasteiger partial charge in [0.05, 0.1) is 11.3 Å². The minimum atomic E-state index is -3.53. The summed E-state index contributed by atoms with van der Waals surface area (Å²) in [5.74, 6) is -2.10. The number of nitrogens with zero attached hydrogens (tertiary/aromatic N) is 1. The molecule has 2 rings (SSSR count). The van der Waals surface area contributed by atoms with Gasteiger partial charge in [-0.15, -0.1) is 0 Å². The molecule has 0 spiro atoms. The van der Waals surface area contributed by atoms with Crippen molar-refractivity contribution in [2.45, 2.75) is 4.90 Å². The number of aromatic carboxylic acids is 1. The number of hydrogen-bond donors (Lipinski definition) is 2. The number of rotatable bonds is 4. The number of carboxylic acids is 1. The molecule has 110 valence electrons. The van der Waals surface area contributed by atoms with E-state index in [0.29, 0.717) is 0 Å². The maximum Gasteiger partial charge on any atom is 0.335 e. The third-order valence-corrected chi connectivity index (χ3v) is 3.77. The first-order valence-electron chi connectivity index (χ1n) is 5.74. The molecule has 0 saturated heterocycles. The van der Waals surface area contributed by atoms with Gasteiger partial charge in [0.2, 0.25) is 0 Å². The van der Waals surface area contributed by atoms with E-state index in [1.54, 1.807) is 0 Å². The van der Waals surface area contributed by atoms with Crippen LogP contribution in [0.15, 0.2) is 41.4 Å². The Labute approximate surface area is 120 Å². The van der Waals surface area contributed by atoms with Gasteiger partial charge in [0.15, 0.2) is 9.84 Å². The van der Waals surface area contributed by atoms with Gasteiger partial charge in [-0.3, -0.25) is 0 Å². The summed E-state index contributed by atoms with van der Waals surface area (Å²) in [7, 11) is -3.53. The number of carboxylic acid groups (broad SMARTS) is 1. The van der Waals surface area contributed by atoms with Crippen molar-refractivity contribution in [3.05, 3.63) is 47.9 Å². The van der Waals surface area contributed by atoms with E-state index in [0.717, 1.165) is 12.3 Å². The fraction of sp³-hybridized carbons (Fsp3) is 0.0769. The van der Waals surface area contributed by atoms with Crippen molar-refractivity contribution in [2.24, 2.45) is 0 Å². The van der Waals surface area contributed by atoms with Crippen LogP contribution in [0.2, 0.25) is 0 Å². The molecule has 1 heterocycles. The maximum atomic E-state index is 13.8. The molecule has 8 heteroatoms. The summed E-state index contributed by atoms with van der Waals surface area (Å²) in [6, 6.07) is 6.05. The van der Waals surface area contributed by atoms with Crippen molar-refractivity contribution < 1.29 is 22.7 Å². The quantitative estimate of drug-likeness (QED) is 0.897. The molecule has 0 saturated carbocycles. The predicted octanol–water partition coefficient (Wildman–Crippen LogP) is 2.07. The Morgan fingerprint density at radius 1 is 1.33 bits per heavy atom. The van der Waals surface area contributed by atoms with Crippen LogP contribution in [0.3, 0.4) is 0 Å². The van der Waals surface area contributed by atoms with Crippen LogP contribution in [0.1, 0.15) is 10.4 Å². The Morgan fingerprint density at radius 3 is 2.62 bits per heavy atom. The van der Waals surface area contributed by atoms with Crippen LogP contribution in [-0.2, 0) is 9.84 Å². The summed E-state index contributed by atoms with van der Waals surface area (Å²) in [4.78, 5) is 14.5. The third kappa shape index (κ3) is 3.34. The highest BCUT2D eigenvalue weighted by molar-refractivity contribution is 7.90. The highest BCUT2D eigenvalue weighted by Gasteiger charge is 2.16. The number of halogens is 1. The van der Waals surface area contributed by atoms with Crippen LogP contribution < -0.4 is 5.32 Å². The molecule has 0 unspecified atom stereocenters. The highest BCUT2D eigenvalue weighted by Crippen LogP contribution is 2.24. The first-order chi connectivity index (χ1) is 9.79. The zero-order valence-electron chi connectivity index (χ0n) is 10.9. The van der Waals surface area contributed by atoms with Crippen molar-refractivity contribution in [1.82, 2.24) is 4.98 Å². The van der Waals surface area contributed by atoms with E-state index < -0.39 is 21.6 Å². The fourth-order valence-electron chi connectivity index (χ4n) is 1.66. The number of carbonyl (C=O) groups is 1. The smallest absolute Gasteiger partial charge is 0.335 e. The maximum absolute atomic E-state index is 13.8. The first kappa shape index (κ1) is 14.9. The lowest BCUT2D eigenvalue weighted by atomic mass is 10.2. The molecule has 1 aromatic carbocycles. The average molecular weight is 310 g/mol. The van der Waals surface area contributed by atoms with E-state index in [9.17, 15) is 17.6 Å². The Balaban J connectivity index is 2.42. The number of pyridine rings is 1. The van der Waals surface area contributed by atoms with E-state index in [2.05, 4.69) is 10.3 Å². The number of hydrogen-bond acceptors (Lipinski definition) is 5. The van der Waals surface area contributed by atoms with Gasteiger partial charge in [-0.1, -0.05) is 0 Å². The van der Waals surface area contributed by atoms with Crippen LogP contribution in [0.5, 0.6) is 0 Å². The van der Waals surface area contributed by atoms with Gasteiger partial charge in [-0.05, 0) is 30.3 Å². The molecule has 6 nitrogen and oxygen atoms in total. The van der Waals surface area contributed by atoms with Crippen LogP contribution >= 0.6 is 0 Å². The van der Waals surface area contributed by atoms with Gasteiger partial charge in [0, 0.05) is 12.5 Å². The predicted molar refractivity (Wildman–Crippen MR) is 74.0 cm³/mol. The standard InChI is InChI=1S/C13H11FN2O4S/c1-21(19,20)11-3-2-6-15-12(11)16-10-5-4-8(13(17)18)7-9(10)14/h2-7H,1H3,(H,15,16)(H,17,18). The summed E-state index contributed by atoms with van der Waals surface area (Å²) in [6.45, 7) is 0. The average Bonchev–Trinajstić information content (AvgIpc) is 2.40. The number of sulfone groups is 1. The summed E-state index contributed by atoms with van der Waals surface area (Å²) in [5.41, 5.74) is -0.272. The topological polar surface area (TPSA) is 96.4 Å². The highest BCUT2D eigenvalue weighted by atomic mass is 32.2. The second-order valence-corrected chi connectivity index (χ2v) is 6.23. The zero-order valence-corrected chi connectivity index (χ0v) is 11.7. The molecule has 0 amide bonds. The van der Waals surface area contributed by atoms with Crippen LogP contribution in [0.4, 0.5) is 15.9 Å². The second-order valence-electron chi connectivity index (χ2n) is 4.25. The zero-order chi connectivity index (χ0) is 15.6. The van der Waals surface area contributed by atoms with E-state index in [-0.39, 0.29) is 22.0 Å². The van der Waals surface area contributed by atoms with Gasteiger partial charge in [0.1, 0.15) is 16.5 Å². The van der Waals surface area contributed by atoms with Crippen molar-refractivity contribution in [2.75, 3.05) is 11.6 Å². The van der Waals surface area contributed by atoms with E-state index >= 15 is 0 Å². The lowest BCUT2D eigenvalue weighted by molar-refractivity contribution is 0.0696. The van der Waals surface area contributed by atoms with E-state index in [1.165, 1.54) is 30.5 Å². The number of nitrogens with one attached hydrogen (secondary N) is 1. The monoisotopic (exact) mass is 310 g/mol. The molecule has 0 aliphatic rings. The van der Waals surface area contributed by atoms with Gasteiger partial charge in [-0.2, -0.15) is 0 Å². The molecule has 0 bridgehead atoms. The molecule has 0 fully saturated rings. The minimum absolute atomic E-state index is 0.0259. The lowest BCUT2D eigenvalue weighted by Crippen LogP contribution is -2.06. The normalized spacial score (nSPS) is 11.1. The van der Waals surface area contributed by atoms with Crippen molar-refractivity contribution in [3.8, 4) is 0 Å². The van der Waals surface area contributed by atoms with Crippen LogP contribution in [0, 0.1) is 5.82 Å². The van der Waals surface area contributed by atoms with Gasteiger partial charge in [0.25, 0.3) is 0 Å². The molecule has 1 aromatic heterocycles.